The van der Waals surface area contributed by atoms with Gasteiger partial charge in [0.1, 0.15) is 10.6 Å². The largest absolute Gasteiger partial charge is 0.495 e. The van der Waals surface area contributed by atoms with Gasteiger partial charge in [0.15, 0.2) is 0 Å². The number of benzene rings is 1. The first-order chi connectivity index (χ1) is 12.4. The molecule has 1 fully saturated rings. The molecule has 0 atom stereocenters. The minimum absolute atomic E-state index is 0.00772. The summed E-state index contributed by atoms with van der Waals surface area (Å²) in [4.78, 5) is 15.9. The van der Waals surface area contributed by atoms with Gasteiger partial charge >= 0.3 is 0 Å². The van der Waals surface area contributed by atoms with Crippen LogP contribution in [0.3, 0.4) is 0 Å². The van der Waals surface area contributed by atoms with E-state index in [2.05, 4.69) is 15.0 Å². The molecule has 0 aliphatic heterocycles. The fourth-order valence-electron chi connectivity index (χ4n) is 2.35. The van der Waals surface area contributed by atoms with Crippen LogP contribution in [0.5, 0.6) is 5.75 Å². The maximum atomic E-state index is 12.6. The Hall–Kier alpha value is -2.16. The molecule has 1 aliphatic rings. The summed E-state index contributed by atoms with van der Waals surface area (Å²) in [5, 5.41) is 3.24. The predicted molar refractivity (Wildman–Crippen MR) is 97.6 cm³/mol. The number of pyridine rings is 1. The highest BCUT2D eigenvalue weighted by molar-refractivity contribution is 7.89. The molecule has 0 radical (unpaired) electrons. The van der Waals surface area contributed by atoms with Crippen molar-refractivity contribution < 1.29 is 17.9 Å². The number of amides is 1. The van der Waals surface area contributed by atoms with Gasteiger partial charge in [-0.2, -0.15) is 0 Å². The average molecular weight is 396 g/mol. The zero-order chi connectivity index (χ0) is 18.7. The molecular weight excluding hydrogens is 378 g/mol. The van der Waals surface area contributed by atoms with Crippen LogP contribution in [0, 0.1) is 5.92 Å². The Morgan fingerprint density at radius 1 is 1.31 bits per heavy atom. The van der Waals surface area contributed by atoms with Crippen LogP contribution in [0.25, 0.3) is 0 Å². The summed E-state index contributed by atoms with van der Waals surface area (Å²) >= 11 is 5.87. The van der Waals surface area contributed by atoms with E-state index in [1.165, 1.54) is 31.5 Å². The van der Waals surface area contributed by atoms with E-state index in [1.54, 1.807) is 12.1 Å². The summed E-state index contributed by atoms with van der Waals surface area (Å²) in [6.07, 6.45) is 3.28. The minimum atomic E-state index is -3.83. The summed E-state index contributed by atoms with van der Waals surface area (Å²) in [6.45, 7) is -0.00772. The number of halogens is 1. The van der Waals surface area contributed by atoms with E-state index in [0.717, 1.165) is 12.8 Å². The molecule has 26 heavy (non-hydrogen) atoms. The molecule has 0 spiro atoms. The van der Waals surface area contributed by atoms with Gasteiger partial charge in [-0.15, -0.1) is 0 Å². The molecule has 1 aliphatic carbocycles. The van der Waals surface area contributed by atoms with Crippen molar-refractivity contribution in [3.63, 3.8) is 0 Å². The third-order valence-electron chi connectivity index (χ3n) is 3.89. The maximum Gasteiger partial charge on any atom is 0.244 e. The molecule has 2 N–H and O–H groups in total. The highest BCUT2D eigenvalue weighted by atomic mass is 35.5. The van der Waals surface area contributed by atoms with Gasteiger partial charge in [0.05, 0.1) is 19.3 Å². The molecule has 1 saturated carbocycles. The molecule has 0 saturated heterocycles. The van der Waals surface area contributed by atoms with E-state index < -0.39 is 10.0 Å². The topological polar surface area (TPSA) is 97.4 Å². The van der Waals surface area contributed by atoms with Gasteiger partial charge in [-0.1, -0.05) is 11.6 Å². The number of nitrogens with zero attached hydrogens (tertiary/aromatic N) is 1. The van der Waals surface area contributed by atoms with Crippen molar-refractivity contribution in [1.29, 1.82) is 0 Å². The number of nitrogens with one attached hydrogen (secondary N) is 2. The molecule has 1 aromatic carbocycles. The quantitative estimate of drug-likeness (QED) is 0.750. The average Bonchev–Trinajstić information content (AvgIpc) is 3.45. The Morgan fingerprint density at radius 2 is 2.08 bits per heavy atom. The van der Waals surface area contributed by atoms with E-state index in [9.17, 15) is 13.2 Å². The van der Waals surface area contributed by atoms with Crippen LogP contribution < -0.4 is 14.8 Å². The Bertz CT molecular complexity index is 929. The van der Waals surface area contributed by atoms with Crippen molar-refractivity contribution >= 4 is 33.2 Å². The first kappa shape index (κ1) is 18.6. The van der Waals surface area contributed by atoms with Crippen molar-refractivity contribution in [2.45, 2.75) is 24.3 Å². The summed E-state index contributed by atoms with van der Waals surface area (Å²) in [5.41, 5.74) is 0.988. The van der Waals surface area contributed by atoms with Gasteiger partial charge in [0, 0.05) is 28.9 Å². The van der Waals surface area contributed by atoms with Crippen LogP contribution in [0.1, 0.15) is 18.5 Å². The molecule has 1 aromatic heterocycles. The molecule has 138 valence electrons. The van der Waals surface area contributed by atoms with E-state index in [0.29, 0.717) is 16.4 Å². The van der Waals surface area contributed by atoms with E-state index in [1.807, 2.05) is 0 Å². The van der Waals surface area contributed by atoms with E-state index >= 15 is 0 Å². The van der Waals surface area contributed by atoms with Crippen molar-refractivity contribution in [3.8, 4) is 5.75 Å². The smallest absolute Gasteiger partial charge is 0.244 e. The van der Waals surface area contributed by atoms with Crippen LogP contribution >= 0.6 is 11.6 Å². The van der Waals surface area contributed by atoms with Gasteiger partial charge in [-0.25, -0.2) is 13.1 Å². The fraction of sp³-hybridized carbons (Fsp3) is 0.294. The Labute approximate surface area is 156 Å². The third kappa shape index (κ3) is 4.51. The number of carbonyl (C=O) groups is 1. The first-order valence-electron chi connectivity index (χ1n) is 7.98. The monoisotopic (exact) mass is 395 g/mol. The molecule has 1 heterocycles. The van der Waals surface area contributed by atoms with Gasteiger partial charge in [-0.05, 0) is 37.1 Å². The standard InChI is InChI=1S/C17H18ClN3O4S/c1-25-15-9-13(21-17(22)11-2-3-11)4-5-16(15)26(23,24)20-10-14-8-12(18)6-7-19-14/h4-9,11,20H,2-3,10H2,1H3,(H,21,22). The lowest BCUT2D eigenvalue weighted by molar-refractivity contribution is -0.117. The number of carbonyl (C=O) groups excluding carboxylic acids is 1. The number of hydrogen-bond acceptors (Lipinski definition) is 5. The van der Waals surface area contributed by atoms with Gasteiger partial charge < -0.3 is 10.1 Å². The van der Waals surface area contributed by atoms with Gasteiger partial charge in [0.25, 0.3) is 0 Å². The lowest BCUT2D eigenvalue weighted by atomic mass is 10.3. The van der Waals surface area contributed by atoms with Crippen molar-refractivity contribution in [3.05, 3.63) is 47.2 Å². The fourth-order valence-corrected chi connectivity index (χ4v) is 3.68. The molecule has 0 unspecified atom stereocenters. The molecular formula is C17H18ClN3O4S. The van der Waals surface area contributed by atoms with Crippen LogP contribution in [-0.2, 0) is 21.4 Å². The predicted octanol–water partition coefficient (Wildman–Crippen LogP) is 2.57. The molecule has 7 nitrogen and oxygen atoms in total. The molecule has 0 bridgehead atoms. The third-order valence-corrected chi connectivity index (χ3v) is 5.57. The normalized spacial score (nSPS) is 14.1. The second-order valence-electron chi connectivity index (χ2n) is 5.92. The maximum absolute atomic E-state index is 12.6. The SMILES string of the molecule is COc1cc(NC(=O)C2CC2)ccc1S(=O)(=O)NCc1cc(Cl)ccn1. The van der Waals surface area contributed by atoms with Crippen LogP contribution in [0.2, 0.25) is 5.02 Å². The Morgan fingerprint density at radius 3 is 2.73 bits per heavy atom. The van der Waals surface area contributed by atoms with Crippen molar-refractivity contribution in [1.82, 2.24) is 9.71 Å². The number of sulfonamides is 1. The van der Waals surface area contributed by atoms with Crippen molar-refractivity contribution in [2.75, 3.05) is 12.4 Å². The number of anilines is 1. The second-order valence-corrected chi connectivity index (χ2v) is 8.09. The van der Waals surface area contributed by atoms with Gasteiger partial charge in [0.2, 0.25) is 15.9 Å². The van der Waals surface area contributed by atoms with Crippen LogP contribution in [0.15, 0.2) is 41.4 Å². The number of rotatable bonds is 7. The van der Waals surface area contributed by atoms with E-state index in [4.69, 9.17) is 16.3 Å². The van der Waals surface area contributed by atoms with E-state index in [-0.39, 0.29) is 29.0 Å². The summed E-state index contributed by atoms with van der Waals surface area (Å²) in [6, 6.07) is 7.62. The number of aromatic nitrogens is 1. The summed E-state index contributed by atoms with van der Waals surface area (Å²) < 4.78 is 32.8. The second kappa shape index (κ2) is 7.61. The molecule has 9 heteroatoms. The summed E-state index contributed by atoms with van der Waals surface area (Å²) in [7, 11) is -2.46. The highest BCUT2D eigenvalue weighted by Gasteiger charge is 2.30. The molecule has 1 amide bonds. The zero-order valence-electron chi connectivity index (χ0n) is 14.0. The van der Waals surface area contributed by atoms with Gasteiger partial charge in [-0.3, -0.25) is 9.78 Å². The molecule has 3 rings (SSSR count). The van der Waals surface area contributed by atoms with Crippen LogP contribution in [-0.4, -0.2) is 26.4 Å². The van der Waals surface area contributed by atoms with Crippen molar-refractivity contribution in [2.24, 2.45) is 5.92 Å². The summed E-state index contributed by atoms with van der Waals surface area (Å²) in [5.74, 6) is 0.134. The lowest BCUT2D eigenvalue weighted by Crippen LogP contribution is -2.24. The Balaban J connectivity index is 1.76. The number of ether oxygens (including phenoxy) is 1. The number of hydrogen-bond donors (Lipinski definition) is 2. The zero-order valence-corrected chi connectivity index (χ0v) is 15.6. The first-order valence-corrected chi connectivity index (χ1v) is 9.84. The van der Waals surface area contributed by atoms with Crippen LogP contribution in [0.4, 0.5) is 5.69 Å². The lowest BCUT2D eigenvalue weighted by Gasteiger charge is -2.13. The number of methoxy groups -OCH3 is 1. The minimum Gasteiger partial charge on any atom is -0.495 e. The highest BCUT2D eigenvalue weighted by Crippen LogP contribution is 2.32. The molecule has 2 aromatic rings. The Kier molecular flexibility index (Phi) is 5.45.